The van der Waals surface area contributed by atoms with Crippen molar-refractivity contribution in [2.24, 2.45) is 0 Å². The fourth-order valence-electron chi connectivity index (χ4n) is 3.04. The molecule has 0 aromatic carbocycles. The maximum atomic E-state index is 12.5. The fraction of sp³-hybridized carbons (Fsp3) is 0.750. The predicted molar refractivity (Wildman–Crippen MR) is 87.5 cm³/mol. The zero-order valence-electron chi connectivity index (χ0n) is 13.6. The van der Waals surface area contributed by atoms with E-state index in [2.05, 4.69) is 48.3 Å². The normalized spacial score (nSPS) is 24.1. The minimum absolute atomic E-state index is 0.126. The van der Waals surface area contributed by atoms with Crippen LogP contribution in [0.25, 0.3) is 0 Å². The molecule has 0 aliphatic carbocycles. The van der Waals surface area contributed by atoms with Crippen LogP contribution in [0.2, 0.25) is 0 Å². The predicted octanol–water partition coefficient (Wildman–Crippen LogP) is 3.15. The Labute approximate surface area is 132 Å². The molecule has 0 radical (unpaired) electrons. The molecule has 2 heterocycles. The van der Waals surface area contributed by atoms with E-state index < -0.39 is 0 Å². The third-order valence-corrected chi connectivity index (χ3v) is 5.37. The molecule has 1 fully saturated rings. The molecule has 1 aliphatic heterocycles. The molecule has 1 saturated heterocycles. The van der Waals surface area contributed by atoms with Crippen LogP contribution >= 0.6 is 11.3 Å². The molecule has 0 saturated carbocycles. The Kier molecular flexibility index (Phi) is 5.76. The first-order valence-electron chi connectivity index (χ1n) is 8.01. The topological polar surface area (TPSA) is 45.2 Å². The van der Waals surface area contributed by atoms with Gasteiger partial charge in [0.25, 0.3) is 0 Å². The summed E-state index contributed by atoms with van der Waals surface area (Å²) in [5.41, 5.74) is 1.05. The van der Waals surface area contributed by atoms with Gasteiger partial charge < -0.3 is 10.2 Å². The van der Waals surface area contributed by atoms with E-state index in [0.29, 0.717) is 18.6 Å². The van der Waals surface area contributed by atoms with Crippen molar-refractivity contribution < 1.29 is 4.79 Å². The highest BCUT2D eigenvalue weighted by Gasteiger charge is 2.28. The Morgan fingerprint density at radius 3 is 2.71 bits per heavy atom. The van der Waals surface area contributed by atoms with E-state index in [1.54, 1.807) is 11.3 Å². The summed E-state index contributed by atoms with van der Waals surface area (Å²) in [6.45, 7) is 8.90. The number of hydrogen-bond acceptors (Lipinski definition) is 4. The van der Waals surface area contributed by atoms with Crippen molar-refractivity contribution in [1.29, 1.82) is 0 Å². The number of hydrogen-bond donors (Lipinski definition) is 1. The number of likely N-dealkylation sites (tertiary alicyclic amines) is 1. The van der Waals surface area contributed by atoms with Gasteiger partial charge in [-0.1, -0.05) is 6.92 Å². The van der Waals surface area contributed by atoms with E-state index >= 15 is 0 Å². The van der Waals surface area contributed by atoms with E-state index in [9.17, 15) is 4.79 Å². The van der Waals surface area contributed by atoms with Crippen molar-refractivity contribution in [3.8, 4) is 0 Å². The van der Waals surface area contributed by atoms with E-state index in [1.165, 1.54) is 6.42 Å². The molecule has 118 valence electrons. The number of nitrogens with zero attached hydrogens (tertiary/aromatic N) is 2. The lowest BCUT2D eigenvalue weighted by atomic mass is 9.97. The largest absolute Gasteiger partial charge is 0.336 e. The first-order valence-corrected chi connectivity index (χ1v) is 8.89. The molecular formula is C16H27N3OS. The Hall–Kier alpha value is -0.940. The van der Waals surface area contributed by atoms with Crippen molar-refractivity contribution in [2.75, 3.05) is 6.54 Å². The second kappa shape index (κ2) is 7.36. The number of carbonyl (C=O) groups excluding carboxylic acids is 1. The SMILES string of the molecule is CCc1nc(C(C)NCC(=O)N2C(C)CCCC2C)cs1. The maximum absolute atomic E-state index is 12.5. The van der Waals surface area contributed by atoms with Crippen LogP contribution in [-0.4, -0.2) is 34.4 Å². The molecule has 1 aromatic rings. The third kappa shape index (κ3) is 4.04. The van der Waals surface area contributed by atoms with Gasteiger partial charge in [0, 0.05) is 23.5 Å². The van der Waals surface area contributed by atoms with E-state index in [0.717, 1.165) is 30.0 Å². The van der Waals surface area contributed by atoms with Gasteiger partial charge in [0.1, 0.15) is 0 Å². The second-order valence-corrected chi connectivity index (χ2v) is 6.99. The smallest absolute Gasteiger partial charge is 0.237 e. The molecule has 0 spiro atoms. The standard InChI is InChI=1S/C16H27N3OS/c1-5-15-18-14(10-21-15)13(4)17-9-16(20)19-11(2)7-6-8-12(19)3/h10-13,17H,5-9H2,1-4H3. The first kappa shape index (κ1) is 16.4. The number of carbonyl (C=O) groups is 1. The van der Waals surface area contributed by atoms with E-state index in [-0.39, 0.29) is 11.9 Å². The average Bonchev–Trinajstić information content (AvgIpc) is 2.93. The number of thiazole rings is 1. The summed E-state index contributed by atoms with van der Waals surface area (Å²) in [5.74, 6) is 0.215. The summed E-state index contributed by atoms with van der Waals surface area (Å²) in [5, 5.41) is 6.57. The highest BCUT2D eigenvalue weighted by molar-refractivity contribution is 7.09. The maximum Gasteiger partial charge on any atom is 0.237 e. The average molecular weight is 309 g/mol. The van der Waals surface area contributed by atoms with Crippen LogP contribution in [0, 0.1) is 0 Å². The van der Waals surface area contributed by atoms with Crippen molar-refractivity contribution >= 4 is 17.2 Å². The number of amides is 1. The molecular weight excluding hydrogens is 282 g/mol. The Morgan fingerprint density at radius 1 is 1.48 bits per heavy atom. The van der Waals surface area contributed by atoms with Crippen molar-refractivity contribution in [1.82, 2.24) is 15.2 Å². The zero-order chi connectivity index (χ0) is 15.4. The third-order valence-electron chi connectivity index (χ3n) is 4.36. The van der Waals surface area contributed by atoms with Crippen LogP contribution in [0.4, 0.5) is 0 Å². The lowest BCUT2D eigenvalue weighted by Crippen LogP contribution is -2.50. The van der Waals surface area contributed by atoms with Crippen molar-refractivity contribution in [2.45, 2.75) is 71.5 Å². The molecule has 3 atom stereocenters. The van der Waals surface area contributed by atoms with Crippen LogP contribution in [0.15, 0.2) is 5.38 Å². The van der Waals surface area contributed by atoms with Gasteiger partial charge in [-0.05, 0) is 46.5 Å². The van der Waals surface area contributed by atoms with Crippen LogP contribution in [-0.2, 0) is 11.2 Å². The summed E-state index contributed by atoms with van der Waals surface area (Å²) in [6.07, 6.45) is 4.45. The highest BCUT2D eigenvalue weighted by atomic mass is 32.1. The summed E-state index contributed by atoms with van der Waals surface area (Å²) in [7, 11) is 0. The molecule has 5 heteroatoms. The summed E-state index contributed by atoms with van der Waals surface area (Å²) >= 11 is 1.69. The highest BCUT2D eigenvalue weighted by Crippen LogP contribution is 2.22. The van der Waals surface area contributed by atoms with E-state index in [4.69, 9.17) is 0 Å². The van der Waals surface area contributed by atoms with Crippen LogP contribution in [0.3, 0.4) is 0 Å². The van der Waals surface area contributed by atoms with Gasteiger partial charge in [0.05, 0.1) is 17.2 Å². The number of aryl methyl sites for hydroxylation is 1. The summed E-state index contributed by atoms with van der Waals surface area (Å²) < 4.78 is 0. The lowest BCUT2D eigenvalue weighted by Gasteiger charge is -2.39. The van der Waals surface area contributed by atoms with Crippen LogP contribution < -0.4 is 5.32 Å². The van der Waals surface area contributed by atoms with Gasteiger partial charge in [-0.3, -0.25) is 4.79 Å². The van der Waals surface area contributed by atoms with Crippen LogP contribution in [0.5, 0.6) is 0 Å². The van der Waals surface area contributed by atoms with Crippen LogP contribution in [0.1, 0.15) is 63.7 Å². The molecule has 21 heavy (non-hydrogen) atoms. The minimum atomic E-state index is 0.126. The molecule has 2 rings (SSSR count). The van der Waals surface area contributed by atoms with E-state index in [1.807, 2.05) is 0 Å². The van der Waals surface area contributed by atoms with Gasteiger partial charge >= 0.3 is 0 Å². The monoisotopic (exact) mass is 309 g/mol. The molecule has 0 bridgehead atoms. The number of nitrogens with one attached hydrogen (secondary N) is 1. The summed E-state index contributed by atoms with van der Waals surface area (Å²) in [4.78, 5) is 19.1. The molecule has 1 amide bonds. The molecule has 3 unspecified atom stereocenters. The summed E-state index contributed by atoms with van der Waals surface area (Å²) in [6, 6.07) is 0.856. The lowest BCUT2D eigenvalue weighted by molar-refractivity contribution is -0.136. The molecule has 1 aliphatic rings. The quantitative estimate of drug-likeness (QED) is 0.909. The molecule has 1 N–H and O–H groups in total. The first-order chi connectivity index (χ1) is 10.0. The van der Waals surface area contributed by atoms with Crippen molar-refractivity contribution in [3.63, 3.8) is 0 Å². The Balaban J connectivity index is 1.88. The number of rotatable bonds is 5. The Morgan fingerprint density at radius 2 is 2.14 bits per heavy atom. The fourth-order valence-corrected chi connectivity index (χ4v) is 3.87. The van der Waals surface area contributed by atoms with Crippen molar-refractivity contribution in [3.05, 3.63) is 16.1 Å². The number of piperidine rings is 1. The van der Waals surface area contributed by atoms with Gasteiger partial charge in [-0.2, -0.15) is 0 Å². The van der Waals surface area contributed by atoms with Gasteiger partial charge in [0.15, 0.2) is 0 Å². The molecule has 1 aromatic heterocycles. The van der Waals surface area contributed by atoms with Gasteiger partial charge in [-0.25, -0.2) is 4.98 Å². The second-order valence-electron chi connectivity index (χ2n) is 6.05. The number of aromatic nitrogens is 1. The van der Waals surface area contributed by atoms with Gasteiger partial charge in [0.2, 0.25) is 5.91 Å². The molecule has 4 nitrogen and oxygen atoms in total. The Bertz CT molecular complexity index is 464. The zero-order valence-corrected chi connectivity index (χ0v) is 14.4. The minimum Gasteiger partial charge on any atom is -0.336 e. The van der Waals surface area contributed by atoms with Gasteiger partial charge in [-0.15, -0.1) is 11.3 Å².